The topological polar surface area (TPSA) is 33.0 Å². The lowest BCUT2D eigenvalue weighted by atomic mass is 9.90. The minimum atomic E-state index is -0.148. The number of nitriles is 1. The van der Waals surface area contributed by atoms with E-state index in [1.165, 1.54) is 12.8 Å². The van der Waals surface area contributed by atoms with E-state index in [9.17, 15) is 0 Å². The Kier molecular flexibility index (Phi) is 5.49. The normalized spacial score (nSPS) is 21.5. The molecule has 0 amide bonds. The van der Waals surface area contributed by atoms with E-state index in [-0.39, 0.29) is 5.41 Å². The fourth-order valence-electron chi connectivity index (χ4n) is 1.66. The fraction of sp³-hybridized carbons (Fsp3) is 0.917. The first kappa shape index (κ1) is 12.9. The second kappa shape index (κ2) is 6.40. The van der Waals surface area contributed by atoms with Gasteiger partial charge in [-0.3, -0.25) is 0 Å². The second-order valence-electron chi connectivity index (χ2n) is 4.81. The highest BCUT2D eigenvalue weighted by Crippen LogP contribution is 2.23. The van der Waals surface area contributed by atoms with Crippen molar-refractivity contribution < 1.29 is 4.74 Å². The Hall–Kier alpha value is -0.200. The minimum absolute atomic E-state index is 0.148. The van der Waals surface area contributed by atoms with Gasteiger partial charge in [0, 0.05) is 12.4 Å². The van der Waals surface area contributed by atoms with Crippen LogP contribution in [0.3, 0.4) is 0 Å². The van der Waals surface area contributed by atoms with Crippen LogP contribution in [0.25, 0.3) is 0 Å². The zero-order chi connectivity index (χ0) is 11.1. The third-order valence-electron chi connectivity index (χ3n) is 2.72. The quantitative estimate of drug-likeness (QED) is 0.653. The van der Waals surface area contributed by atoms with Crippen LogP contribution in [0.15, 0.2) is 0 Å². The highest BCUT2D eigenvalue weighted by molar-refractivity contribution is 7.99. The van der Waals surface area contributed by atoms with Crippen LogP contribution in [0.2, 0.25) is 0 Å². The van der Waals surface area contributed by atoms with E-state index in [0.29, 0.717) is 6.10 Å². The van der Waals surface area contributed by atoms with Crippen molar-refractivity contribution in [3.63, 3.8) is 0 Å². The number of hydrogen-bond donors (Lipinski definition) is 0. The maximum absolute atomic E-state index is 8.85. The van der Waals surface area contributed by atoms with Gasteiger partial charge in [-0.15, -0.1) is 0 Å². The molecule has 1 unspecified atom stereocenters. The number of nitrogens with zero attached hydrogens (tertiary/aromatic N) is 1. The average molecular weight is 227 g/mol. The Bertz CT molecular complexity index is 216. The van der Waals surface area contributed by atoms with Crippen LogP contribution in [-0.2, 0) is 4.74 Å². The summed E-state index contributed by atoms with van der Waals surface area (Å²) in [5.74, 6) is 2.29. The molecule has 0 aromatic rings. The van der Waals surface area contributed by atoms with Crippen molar-refractivity contribution in [2.45, 2.75) is 45.6 Å². The van der Waals surface area contributed by atoms with Crippen LogP contribution >= 0.6 is 11.8 Å². The molecule has 1 rings (SSSR count). The molecule has 3 heteroatoms. The van der Waals surface area contributed by atoms with Crippen molar-refractivity contribution >= 4 is 11.8 Å². The van der Waals surface area contributed by atoms with Crippen molar-refractivity contribution in [2.75, 3.05) is 18.1 Å². The zero-order valence-corrected chi connectivity index (χ0v) is 10.6. The van der Waals surface area contributed by atoms with Gasteiger partial charge in [-0.1, -0.05) is 0 Å². The Balaban J connectivity index is 1.95. The van der Waals surface area contributed by atoms with Gasteiger partial charge in [0.2, 0.25) is 0 Å². The van der Waals surface area contributed by atoms with Gasteiger partial charge in [0.05, 0.1) is 17.6 Å². The van der Waals surface area contributed by atoms with Gasteiger partial charge in [0.15, 0.2) is 0 Å². The smallest absolute Gasteiger partial charge is 0.0683 e. The highest BCUT2D eigenvalue weighted by atomic mass is 32.2. The Labute approximate surface area is 97.4 Å². The van der Waals surface area contributed by atoms with Crippen molar-refractivity contribution in [1.29, 1.82) is 5.26 Å². The summed E-state index contributed by atoms with van der Waals surface area (Å²) >= 11 is 1.97. The molecule has 2 nitrogen and oxygen atoms in total. The van der Waals surface area contributed by atoms with Crippen molar-refractivity contribution in [2.24, 2.45) is 5.41 Å². The molecule has 0 bridgehead atoms. The van der Waals surface area contributed by atoms with Gasteiger partial charge < -0.3 is 4.74 Å². The number of hydrogen-bond acceptors (Lipinski definition) is 3. The van der Waals surface area contributed by atoms with E-state index in [1.54, 1.807) is 0 Å². The largest absolute Gasteiger partial charge is 0.377 e. The fourth-order valence-corrected chi connectivity index (χ4v) is 2.70. The van der Waals surface area contributed by atoms with E-state index in [1.807, 2.05) is 25.6 Å². The van der Waals surface area contributed by atoms with Crippen LogP contribution in [0.1, 0.15) is 39.5 Å². The summed E-state index contributed by atoms with van der Waals surface area (Å²) in [5.41, 5.74) is -0.148. The predicted molar refractivity (Wildman–Crippen MR) is 64.9 cm³/mol. The van der Waals surface area contributed by atoms with E-state index >= 15 is 0 Å². The van der Waals surface area contributed by atoms with Crippen LogP contribution in [0.5, 0.6) is 0 Å². The summed E-state index contributed by atoms with van der Waals surface area (Å²) in [4.78, 5) is 0. The molecule has 1 aliphatic rings. The summed E-state index contributed by atoms with van der Waals surface area (Å²) in [7, 11) is 0. The molecular weight excluding hydrogens is 206 g/mol. The maximum atomic E-state index is 8.85. The minimum Gasteiger partial charge on any atom is -0.377 e. The van der Waals surface area contributed by atoms with E-state index in [0.717, 1.165) is 31.0 Å². The molecule has 1 atom stereocenters. The number of ether oxygens (including phenoxy) is 1. The van der Waals surface area contributed by atoms with Crippen LogP contribution in [-0.4, -0.2) is 24.2 Å². The molecule has 0 aromatic heterocycles. The molecule has 15 heavy (non-hydrogen) atoms. The number of rotatable bonds is 6. The molecule has 0 aromatic carbocycles. The molecule has 1 heterocycles. The first-order valence-corrected chi connectivity index (χ1v) is 6.90. The molecule has 1 aliphatic heterocycles. The van der Waals surface area contributed by atoms with E-state index in [4.69, 9.17) is 10.00 Å². The van der Waals surface area contributed by atoms with Gasteiger partial charge >= 0.3 is 0 Å². The molecule has 0 saturated carbocycles. The Morgan fingerprint density at radius 1 is 1.53 bits per heavy atom. The monoisotopic (exact) mass is 227 g/mol. The molecule has 86 valence electrons. The molecular formula is C12H21NOS. The highest BCUT2D eigenvalue weighted by Gasteiger charge is 2.17. The zero-order valence-electron chi connectivity index (χ0n) is 9.79. The lowest BCUT2D eigenvalue weighted by Crippen LogP contribution is -2.10. The summed E-state index contributed by atoms with van der Waals surface area (Å²) in [6.07, 6.45) is 5.10. The maximum Gasteiger partial charge on any atom is 0.0683 e. The second-order valence-corrected chi connectivity index (χ2v) is 5.96. The predicted octanol–water partition coefficient (Wildman–Crippen LogP) is 3.23. The Morgan fingerprint density at radius 3 is 2.93 bits per heavy atom. The van der Waals surface area contributed by atoms with Gasteiger partial charge in [-0.05, 0) is 45.3 Å². The lowest BCUT2D eigenvalue weighted by molar-refractivity contribution is 0.129. The third-order valence-corrected chi connectivity index (χ3v) is 3.91. The Morgan fingerprint density at radius 2 is 2.33 bits per heavy atom. The van der Waals surface area contributed by atoms with Gasteiger partial charge in [-0.2, -0.15) is 17.0 Å². The first-order valence-electron chi connectivity index (χ1n) is 5.75. The summed E-state index contributed by atoms with van der Waals surface area (Å²) in [6.45, 7) is 4.97. The van der Waals surface area contributed by atoms with Crippen molar-refractivity contribution in [3.8, 4) is 6.07 Å². The molecule has 0 radical (unpaired) electrons. The molecule has 0 aliphatic carbocycles. The summed E-state index contributed by atoms with van der Waals surface area (Å²) < 4.78 is 5.55. The standard InChI is InChI=1S/C12H21NOS/c1-12(2,10-13)6-4-8-15-9-11-5-3-7-14-11/h11H,3-9H2,1-2H3. The molecule has 1 saturated heterocycles. The van der Waals surface area contributed by atoms with Crippen molar-refractivity contribution in [1.82, 2.24) is 0 Å². The first-order chi connectivity index (χ1) is 7.14. The van der Waals surface area contributed by atoms with Crippen LogP contribution < -0.4 is 0 Å². The lowest BCUT2D eigenvalue weighted by Gasteiger charge is -2.14. The van der Waals surface area contributed by atoms with Crippen molar-refractivity contribution in [3.05, 3.63) is 0 Å². The molecule has 0 N–H and O–H groups in total. The van der Waals surface area contributed by atoms with Crippen LogP contribution in [0, 0.1) is 16.7 Å². The molecule has 0 spiro atoms. The molecule has 1 fully saturated rings. The summed E-state index contributed by atoms with van der Waals surface area (Å²) in [5, 5.41) is 8.85. The van der Waals surface area contributed by atoms with Gasteiger partial charge in [-0.25, -0.2) is 0 Å². The van der Waals surface area contributed by atoms with E-state index in [2.05, 4.69) is 6.07 Å². The van der Waals surface area contributed by atoms with Gasteiger partial charge in [0.1, 0.15) is 0 Å². The van der Waals surface area contributed by atoms with E-state index < -0.39 is 0 Å². The SMILES string of the molecule is CC(C)(C#N)CCCSCC1CCCO1. The summed E-state index contributed by atoms with van der Waals surface area (Å²) in [6, 6.07) is 2.34. The number of thioether (sulfide) groups is 1. The third kappa shape index (κ3) is 5.44. The average Bonchev–Trinajstić information content (AvgIpc) is 2.70. The van der Waals surface area contributed by atoms with Crippen LogP contribution in [0.4, 0.5) is 0 Å². The van der Waals surface area contributed by atoms with Gasteiger partial charge in [0.25, 0.3) is 0 Å².